The monoisotopic (exact) mass is 439 g/mol. The maximum atomic E-state index is 13.5. The van der Waals surface area contributed by atoms with Gasteiger partial charge in [0.1, 0.15) is 16.7 Å². The van der Waals surface area contributed by atoms with Gasteiger partial charge in [-0.2, -0.15) is 0 Å². The summed E-state index contributed by atoms with van der Waals surface area (Å²) in [5.74, 6) is 0.518. The second-order valence-corrected chi connectivity index (χ2v) is 9.83. The van der Waals surface area contributed by atoms with Gasteiger partial charge in [-0.25, -0.2) is 4.39 Å². The minimum atomic E-state index is -0.416. The molecule has 7 heteroatoms. The third-order valence-electron chi connectivity index (χ3n) is 6.70. The molecule has 3 aliphatic rings. The van der Waals surface area contributed by atoms with Crippen molar-refractivity contribution in [3.8, 4) is 0 Å². The predicted molar refractivity (Wildman–Crippen MR) is 120 cm³/mol. The minimum absolute atomic E-state index is 0.0514. The van der Waals surface area contributed by atoms with Crippen LogP contribution in [0.5, 0.6) is 0 Å². The van der Waals surface area contributed by atoms with Gasteiger partial charge in [-0.05, 0) is 43.2 Å². The maximum Gasteiger partial charge on any atom is 0.246 e. The fraction of sp³-hybridized carbons (Fsp3) is 0.417. The van der Waals surface area contributed by atoms with Gasteiger partial charge < -0.3 is 14.7 Å². The Morgan fingerprint density at radius 3 is 2.39 bits per heavy atom. The van der Waals surface area contributed by atoms with E-state index in [2.05, 4.69) is 36.1 Å². The lowest BCUT2D eigenvalue weighted by Crippen LogP contribution is -2.56. The SMILES string of the molecule is Cc1ccc([C@@]23CCC(=O)N2[C@@H](C(=O)N2CCN(c4ccc(F)cc4)CC2)CS3)cc1. The number of rotatable bonds is 3. The van der Waals surface area contributed by atoms with Crippen molar-refractivity contribution in [3.63, 3.8) is 0 Å². The molecule has 0 aliphatic carbocycles. The molecule has 0 radical (unpaired) electrons. The van der Waals surface area contributed by atoms with Crippen LogP contribution < -0.4 is 4.90 Å². The van der Waals surface area contributed by atoms with Crippen LogP contribution in [-0.2, 0) is 14.5 Å². The highest BCUT2D eigenvalue weighted by molar-refractivity contribution is 8.00. The van der Waals surface area contributed by atoms with Gasteiger partial charge in [-0.15, -0.1) is 11.8 Å². The molecule has 2 amide bonds. The first kappa shape index (κ1) is 20.4. The number of thioether (sulfide) groups is 1. The highest BCUT2D eigenvalue weighted by Crippen LogP contribution is 2.54. The van der Waals surface area contributed by atoms with Crippen LogP contribution in [0.4, 0.5) is 10.1 Å². The number of carbonyl (C=O) groups excluding carboxylic acids is 2. The molecule has 31 heavy (non-hydrogen) atoms. The highest BCUT2D eigenvalue weighted by atomic mass is 32.2. The molecule has 3 fully saturated rings. The molecule has 2 atom stereocenters. The third-order valence-corrected chi connectivity index (χ3v) is 8.29. The number of fused-ring (bicyclic) bond motifs is 1. The van der Waals surface area contributed by atoms with E-state index in [0.29, 0.717) is 38.4 Å². The van der Waals surface area contributed by atoms with E-state index in [1.807, 2.05) is 9.80 Å². The molecular formula is C24H26FN3O2S. The Kier molecular flexibility index (Phi) is 5.16. The fourth-order valence-corrected chi connectivity index (χ4v) is 6.63. The molecule has 0 bridgehead atoms. The molecule has 162 valence electrons. The Morgan fingerprint density at radius 2 is 1.71 bits per heavy atom. The van der Waals surface area contributed by atoms with Crippen molar-refractivity contribution in [3.05, 3.63) is 65.5 Å². The molecule has 0 saturated carbocycles. The second kappa shape index (κ2) is 7.86. The maximum absolute atomic E-state index is 13.5. The number of piperazine rings is 1. The van der Waals surface area contributed by atoms with Crippen molar-refractivity contribution in [1.82, 2.24) is 9.80 Å². The Labute approximate surface area is 186 Å². The van der Waals surface area contributed by atoms with E-state index in [4.69, 9.17) is 0 Å². The Morgan fingerprint density at radius 1 is 1.03 bits per heavy atom. The number of carbonyl (C=O) groups is 2. The van der Waals surface area contributed by atoms with Crippen LogP contribution in [0.3, 0.4) is 0 Å². The number of halogens is 1. The molecule has 3 heterocycles. The number of amides is 2. The number of anilines is 1. The van der Waals surface area contributed by atoms with Gasteiger partial charge in [-0.1, -0.05) is 29.8 Å². The standard InChI is InChI=1S/C24H26FN3O2S/c1-17-2-4-18(5-3-17)24-11-10-22(29)28(24)21(16-31-24)23(30)27-14-12-26(13-15-27)20-8-6-19(25)7-9-20/h2-9,21H,10-16H2,1H3/t21-,24+/m1/s1. The van der Waals surface area contributed by atoms with E-state index < -0.39 is 10.9 Å². The summed E-state index contributed by atoms with van der Waals surface area (Å²) in [6.07, 6.45) is 1.24. The zero-order valence-electron chi connectivity index (χ0n) is 17.6. The fourth-order valence-electron chi connectivity index (χ4n) is 4.99. The summed E-state index contributed by atoms with van der Waals surface area (Å²) in [5, 5.41) is 0. The quantitative estimate of drug-likeness (QED) is 0.736. The van der Waals surface area contributed by atoms with Crippen LogP contribution >= 0.6 is 11.8 Å². The van der Waals surface area contributed by atoms with Crippen molar-refractivity contribution in [2.75, 3.05) is 36.8 Å². The van der Waals surface area contributed by atoms with Crippen LogP contribution in [0, 0.1) is 12.7 Å². The van der Waals surface area contributed by atoms with Crippen LogP contribution in [0.25, 0.3) is 0 Å². The number of hydrogen-bond donors (Lipinski definition) is 0. The van der Waals surface area contributed by atoms with Crippen LogP contribution in [0.2, 0.25) is 0 Å². The molecule has 0 N–H and O–H groups in total. The molecule has 2 aromatic carbocycles. The minimum Gasteiger partial charge on any atom is -0.368 e. The van der Waals surface area contributed by atoms with Crippen molar-refractivity contribution < 1.29 is 14.0 Å². The van der Waals surface area contributed by atoms with E-state index in [0.717, 1.165) is 17.7 Å². The summed E-state index contributed by atoms with van der Waals surface area (Å²) in [6.45, 7) is 4.68. The largest absolute Gasteiger partial charge is 0.368 e. The second-order valence-electron chi connectivity index (χ2n) is 8.53. The van der Waals surface area contributed by atoms with Crippen molar-refractivity contribution in [2.24, 2.45) is 0 Å². The van der Waals surface area contributed by atoms with Gasteiger partial charge in [0.25, 0.3) is 0 Å². The van der Waals surface area contributed by atoms with Gasteiger partial charge in [0.2, 0.25) is 11.8 Å². The Bertz CT molecular complexity index is 989. The third kappa shape index (κ3) is 3.49. The summed E-state index contributed by atoms with van der Waals surface area (Å²) in [7, 11) is 0. The van der Waals surface area contributed by atoms with E-state index in [-0.39, 0.29) is 17.6 Å². The summed E-state index contributed by atoms with van der Waals surface area (Å²) in [4.78, 5) is 31.8. The number of hydrogen-bond acceptors (Lipinski definition) is 4. The molecule has 3 aliphatic heterocycles. The first-order chi connectivity index (χ1) is 15.0. The molecule has 0 unspecified atom stereocenters. The molecule has 2 aromatic rings. The summed E-state index contributed by atoms with van der Waals surface area (Å²) < 4.78 is 13.2. The highest BCUT2D eigenvalue weighted by Gasteiger charge is 2.57. The summed E-state index contributed by atoms with van der Waals surface area (Å²) in [6, 6.07) is 14.4. The Hall–Kier alpha value is -2.54. The van der Waals surface area contributed by atoms with E-state index >= 15 is 0 Å². The van der Waals surface area contributed by atoms with Gasteiger partial charge in [0.15, 0.2) is 0 Å². The average Bonchev–Trinajstić information content (AvgIpc) is 3.33. The summed E-state index contributed by atoms with van der Waals surface area (Å²) in [5.41, 5.74) is 3.27. The van der Waals surface area contributed by atoms with Crippen molar-refractivity contribution >= 4 is 29.3 Å². The lowest BCUT2D eigenvalue weighted by Gasteiger charge is -2.39. The molecular weight excluding hydrogens is 413 g/mol. The first-order valence-corrected chi connectivity index (χ1v) is 11.8. The van der Waals surface area contributed by atoms with E-state index in [1.165, 1.54) is 17.7 Å². The zero-order chi connectivity index (χ0) is 21.6. The van der Waals surface area contributed by atoms with Gasteiger partial charge in [0.05, 0.1) is 0 Å². The molecule has 5 rings (SSSR count). The zero-order valence-corrected chi connectivity index (χ0v) is 18.4. The van der Waals surface area contributed by atoms with Gasteiger partial charge in [-0.3, -0.25) is 9.59 Å². The van der Waals surface area contributed by atoms with Crippen LogP contribution in [-0.4, -0.2) is 59.6 Å². The smallest absolute Gasteiger partial charge is 0.246 e. The molecule has 0 spiro atoms. The predicted octanol–water partition coefficient (Wildman–Crippen LogP) is 3.37. The Balaban J connectivity index is 1.30. The van der Waals surface area contributed by atoms with Gasteiger partial charge in [0, 0.05) is 44.0 Å². The summed E-state index contributed by atoms with van der Waals surface area (Å²) >= 11 is 1.73. The number of benzene rings is 2. The van der Waals surface area contributed by atoms with E-state index in [1.54, 1.807) is 23.9 Å². The normalized spacial score (nSPS) is 25.8. The van der Waals surface area contributed by atoms with Crippen LogP contribution in [0.1, 0.15) is 24.0 Å². The van der Waals surface area contributed by atoms with Crippen molar-refractivity contribution in [2.45, 2.75) is 30.7 Å². The number of nitrogens with zero attached hydrogens (tertiary/aromatic N) is 3. The van der Waals surface area contributed by atoms with E-state index in [9.17, 15) is 14.0 Å². The molecule has 0 aromatic heterocycles. The van der Waals surface area contributed by atoms with Crippen LogP contribution in [0.15, 0.2) is 48.5 Å². The topological polar surface area (TPSA) is 43.9 Å². The molecule has 3 saturated heterocycles. The average molecular weight is 440 g/mol. The lowest BCUT2D eigenvalue weighted by atomic mass is 10.0. The first-order valence-electron chi connectivity index (χ1n) is 10.8. The molecule has 5 nitrogen and oxygen atoms in total. The number of aryl methyl sites for hydroxylation is 1. The van der Waals surface area contributed by atoms with Gasteiger partial charge >= 0.3 is 0 Å². The lowest BCUT2D eigenvalue weighted by molar-refractivity contribution is -0.144. The van der Waals surface area contributed by atoms with Crippen molar-refractivity contribution in [1.29, 1.82) is 0 Å².